The number of amides is 3. The smallest absolute Gasteiger partial charge is 0.319 e. The lowest BCUT2D eigenvalue weighted by Gasteiger charge is -2.32. The Hall–Kier alpha value is -2.16. The maximum Gasteiger partial charge on any atom is 0.319 e. The highest BCUT2D eigenvalue weighted by Gasteiger charge is 2.32. The molecule has 3 saturated heterocycles. The van der Waals surface area contributed by atoms with E-state index in [4.69, 9.17) is 9.47 Å². The van der Waals surface area contributed by atoms with Crippen molar-refractivity contribution in [3.05, 3.63) is 29.8 Å². The van der Waals surface area contributed by atoms with Crippen LogP contribution in [-0.4, -0.2) is 86.9 Å². The standard InChI is InChI=1S/C22H32N4O4/c27-21(26-10-13-29-14-11-26)17-3-5-19(6-4-17)24-22(28)23-15-20(18-7-12-30-16-18)25-8-1-2-9-25/h3-6,18,20H,1-2,7-16H2,(H2,23,24,28)/t18-,20-/m0/s1. The second-order valence-electron chi connectivity index (χ2n) is 8.25. The van der Waals surface area contributed by atoms with Gasteiger partial charge in [-0.3, -0.25) is 9.69 Å². The van der Waals surface area contributed by atoms with Gasteiger partial charge in [0.15, 0.2) is 0 Å². The fourth-order valence-corrected chi connectivity index (χ4v) is 4.54. The van der Waals surface area contributed by atoms with E-state index in [-0.39, 0.29) is 11.9 Å². The molecule has 0 unspecified atom stereocenters. The number of morpholine rings is 1. The van der Waals surface area contributed by atoms with Gasteiger partial charge in [0.1, 0.15) is 0 Å². The summed E-state index contributed by atoms with van der Waals surface area (Å²) in [7, 11) is 0. The fraction of sp³-hybridized carbons (Fsp3) is 0.636. The summed E-state index contributed by atoms with van der Waals surface area (Å²) in [6.07, 6.45) is 3.51. The minimum atomic E-state index is -0.217. The Bertz CT molecular complexity index is 692. The Labute approximate surface area is 177 Å². The molecule has 3 fully saturated rings. The van der Waals surface area contributed by atoms with Crippen LogP contribution in [0.3, 0.4) is 0 Å². The zero-order chi connectivity index (χ0) is 20.8. The largest absolute Gasteiger partial charge is 0.381 e. The van der Waals surface area contributed by atoms with Crippen molar-refractivity contribution < 1.29 is 19.1 Å². The third-order valence-electron chi connectivity index (χ3n) is 6.28. The molecule has 30 heavy (non-hydrogen) atoms. The Morgan fingerprint density at radius 3 is 2.40 bits per heavy atom. The van der Waals surface area contributed by atoms with E-state index >= 15 is 0 Å². The van der Waals surface area contributed by atoms with Gasteiger partial charge in [-0.05, 0) is 56.6 Å². The number of anilines is 1. The molecule has 164 valence electrons. The van der Waals surface area contributed by atoms with Crippen molar-refractivity contribution in [3.8, 4) is 0 Å². The summed E-state index contributed by atoms with van der Waals surface area (Å²) in [5, 5.41) is 5.92. The van der Waals surface area contributed by atoms with Gasteiger partial charge in [0.05, 0.1) is 19.8 Å². The van der Waals surface area contributed by atoms with Gasteiger partial charge >= 0.3 is 6.03 Å². The lowest BCUT2D eigenvalue weighted by Crippen LogP contribution is -2.48. The van der Waals surface area contributed by atoms with Crippen LogP contribution < -0.4 is 10.6 Å². The van der Waals surface area contributed by atoms with Crippen molar-refractivity contribution in [2.75, 3.05) is 64.5 Å². The van der Waals surface area contributed by atoms with Crippen LogP contribution >= 0.6 is 0 Å². The molecule has 0 aliphatic carbocycles. The van der Waals surface area contributed by atoms with E-state index in [1.54, 1.807) is 29.2 Å². The van der Waals surface area contributed by atoms with Crippen molar-refractivity contribution >= 4 is 17.6 Å². The third kappa shape index (κ3) is 5.30. The number of nitrogens with one attached hydrogen (secondary N) is 2. The number of rotatable bonds is 6. The van der Waals surface area contributed by atoms with E-state index in [0.717, 1.165) is 32.7 Å². The number of hydrogen-bond acceptors (Lipinski definition) is 5. The predicted molar refractivity (Wildman–Crippen MR) is 114 cm³/mol. The van der Waals surface area contributed by atoms with E-state index in [1.807, 2.05) is 0 Å². The first-order valence-electron chi connectivity index (χ1n) is 11.0. The average Bonchev–Trinajstić information content (AvgIpc) is 3.50. The number of likely N-dealkylation sites (tertiary alicyclic amines) is 1. The summed E-state index contributed by atoms with van der Waals surface area (Å²) in [5.74, 6) is 0.482. The molecule has 1 aromatic carbocycles. The minimum absolute atomic E-state index is 0.00143. The van der Waals surface area contributed by atoms with E-state index in [9.17, 15) is 9.59 Å². The number of ether oxygens (including phenoxy) is 2. The Balaban J connectivity index is 1.28. The monoisotopic (exact) mass is 416 g/mol. The highest BCUT2D eigenvalue weighted by molar-refractivity contribution is 5.95. The van der Waals surface area contributed by atoms with Crippen molar-refractivity contribution in [1.29, 1.82) is 0 Å². The van der Waals surface area contributed by atoms with Gasteiger partial charge < -0.3 is 25.0 Å². The number of nitrogens with zero attached hydrogens (tertiary/aromatic N) is 2. The van der Waals surface area contributed by atoms with Crippen LogP contribution in [0.2, 0.25) is 0 Å². The molecular weight excluding hydrogens is 384 g/mol. The zero-order valence-electron chi connectivity index (χ0n) is 17.5. The van der Waals surface area contributed by atoms with Gasteiger partial charge in [0.25, 0.3) is 5.91 Å². The molecule has 3 aliphatic rings. The predicted octanol–water partition coefficient (Wildman–Crippen LogP) is 1.78. The summed E-state index contributed by atoms with van der Waals surface area (Å²) in [4.78, 5) is 29.3. The van der Waals surface area contributed by atoms with Crippen LogP contribution in [0, 0.1) is 5.92 Å². The van der Waals surface area contributed by atoms with Gasteiger partial charge in [0.2, 0.25) is 0 Å². The van der Waals surface area contributed by atoms with Crippen molar-refractivity contribution in [2.45, 2.75) is 25.3 Å². The van der Waals surface area contributed by atoms with E-state index in [2.05, 4.69) is 15.5 Å². The SMILES string of the molecule is O=C(NC[C@@H]([C@H]1CCOC1)N1CCCC1)Nc1ccc(C(=O)N2CCOCC2)cc1. The highest BCUT2D eigenvalue weighted by atomic mass is 16.5. The van der Waals surface area contributed by atoms with Gasteiger partial charge in [-0.25, -0.2) is 4.79 Å². The maximum absolute atomic E-state index is 12.5. The van der Waals surface area contributed by atoms with Crippen LogP contribution in [0.4, 0.5) is 10.5 Å². The number of carbonyl (C=O) groups excluding carboxylic acids is 2. The number of benzene rings is 1. The molecule has 3 heterocycles. The zero-order valence-corrected chi connectivity index (χ0v) is 17.5. The van der Waals surface area contributed by atoms with Gasteiger partial charge in [0, 0.05) is 49.5 Å². The second kappa shape index (κ2) is 10.2. The highest BCUT2D eigenvalue weighted by Crippen LogP contribution is 2.24. The van der Waals surface area contributed by atoms with Crippen LogP contribution in [0.5, 0.6) is 0 Å². The quantitative estimate of drug-likeness (QED) is 0.739. The summed E-state index contributed by atoms with van der Waals surface area (Å²) in [6.45, 7) is 6.81. The average molecular weight is 417 g/mol. The van der Waals surface area contributed by atoms with Gasteiger partial charge in [-0.15, -0.1) is 0 Å². The Morgan fingerprint density at radius 1 is 1.00 bits per heavy atom. The lowest BCUT2D eigenvalue weighted by molar-refractivity contribution is 0.0303. The molecule has 2 N–H and O–H groups in total. The van der Waals surface area contributed by atoms with Crippen LogP contribution in [-0.2, 0) is 9.47 Å². The molecule has 2 atom stereocenters. The normalized spacial score (nSPS) is 23.3. The molecule has 3 aliphatic heterocycles. The molecule has 0 radical (unpaired) electrons. The van der Waals surface area contributed by atoms with E-state index < -0.39 is 0 Å². The number of urea groups is 1. The van der Waals surface area contributed by atoms with E-state index in [0.29, 0.717) is 56.1 Å². The molecule has 0 bridgehead atoms. The van der Waals surface area contributed by atoms with Gasteiger partial charge in [-0.1, -0.05) is 0 Å². The first-order chi connectivity index (χ1) is 14.7. The molecule has 4 rings (SSSR count). The topological polar surface area (TPSA) is 83.1 Å². The minimum Gasteiger partial charge on any atom is -0.381 e. The molecule has 1 aromatic rings. The number of hydrogen-bond donors (Lipinski definition) is 2. The molecular formula is C22H32N4O4. The summed E-state index contributed by atoms with van der Waals surface area (Å²) >= 11 is 0. The molecule has 0 saturated carbocycles. The summed E-state index contributed by atoms with van der Waals surface area (Å²) < 4.78 is 10.9. The Morgan fingerprint density at radius 2 is 1.73 bits per heavy atom. The van der Waals surface area contributed by atoms with Crippen molar-refractivity contribution in [3.63, 3.8) is 0 Å². The summed E-state index contributed by atoms with van der Waals surface area (Å²) in [5.41, 5.74) is 1.30. The van der Waals surface area contributed by atoms with Crippen LogP contribution in [0.15, 0.2) is 24.3 Å². The molecule has 3 amide bonds. The third-order valence-corrected chi connectivity index (χ3v) is 6.28. The summed E-state index contributed by atoms with van der Waals surface area (Å²) in [6, 6.07) is 7.18. The molecule has 0 spiro atoms. The van der Waals surface area contributed by atoms with Gasteiger partial charge in [-0.2, -0.15) is 0 Å². The fourth-order valence-electron chi connectivity index (χ4n) is 4.54. The first kappa shape index (κ1) is 21.1. The number of carbonyl (C=O) groups is 2. The van der Waals surface area contributed by atoms with Crippen molar-refractivity contribution in [1.82, 2.24) is 15.1 Å². The Kier molecular flexibility index (Phi) is 7.20. The van der Waals surface area contributed by atoms with E-state index in [1.165, 1.54) is 12.8 Å². The first-order valence-corrected chi connectivity index (χ1v) is 11.0. The maximum atomic E-state index is 12.5. The van der Waals surface area contributed by atoms with Crippen LogP contribution in [0.1, 0.15) is 29.6 Å². The molecule has 8 heteroatoms. The second-order valence-corrected chi connectivity index (χ2v) is 8.25. The molecule has 0 aromatic heterocycles. The lowest BCUT2D eigenvalue weighted by atomic mass is 9.97. The van der Waals surface area contributed by atoms with Crippen LogP contribution in [0.25, 0.3) is 0 Å². The van der Waals surface area contributed by atoms with Crippen molar-refractivity contribution in [2.24, 2.45) is 5.92 Å². The molecule has 8 nitrogen and oxygen atoms in total.